The van der Waals surface area contributed by atoms with Crippen molar-refractivity contribution < 1.29 is 14.3 Å². The van der Waals surface area contributed by atoms with E-state index in [4.69, 9.17) is 10.5 Å². The van der Waals surface area contributed by atoms with Crippen molar-refractivity contribution in [1.82, 2.24) is 5.32 Å². The van der Waals surface area contributed by atoms with Crippen molar-refractivity contribution in [3.05, 3.63) is 24.3 Å². The zero-order valence-electron chi connectivity index (χ0n) is 10.9. The summed E-state index contributed by atoms with van der Waals surface area (Å²) < 4.78 is 5.27. The number of nitrogens with one attached hydrogen (secondary N) is 2. The fourth-order valence-electron chi connectivity index (χ4n) is 1.37. The highest BCUT2D eigenvalue weighted by Crippen LogP contribution is 2.15. The lowest BCUT2D eigenvalue weighted by atomic mass is 10.3. The van der Waals surface area contributed by atoms with Crippen molar-refractivity contribution in [2.45, 2.75) is 13.3 Å². The van der Waals surface area contributed by atoms with E-state index in [0.717, 1.165) is 0 Å². The lowest BCUT2D eigenvalue weighted by molar-refractivity contribution is -0.136. The number of benzene rings is 1. The van der Waals surface area contributed by atoms with Crippen LogP contribution < -0.4 is 21.1 Å². The Kier molecular flexibility index (Phi) is 6.38. The molecular weight excluding hydrogens is 246 g/mol. The first-order valence-electron chi connectivity index (χ1n) is 6.19. The Hall–Kier alpha value is -2.08. The van der Waals surface area contributed by atoms with Gasteiger partial charge in [-0.25, -0.2) is 0 Å². The van der Waals surface area contributed by atoms with Crippen LogP contribution in [0.25, 0.3) is 0 Å². The van der Waals surface area contributed by atoms with E-state index in [1.807, 2.05) is 6.92 Å². The van der Waals surface area contributed by atoms with E-state index >= 15 is 0 Å². The van der Waals surface area contributed by atoms with E-state index in [2.05, 4.69) is 10.6 Å². The molecule has 0 saturated heterocycles. The fourth-order valence-corrected chi connectivity index (χ4v) is 1.37. The molecule has 0 aromatic heterocycles. The normalized spacial score (nSPS) is 9.79. The first-order chi connectivity index (χ1) is 9.17. The minimum Gasteiger partial charge on any atom is -0.494 e. The zero-order valence-corrected chi connectivity index (χ0v) is 10.9. The number of rotatable bonds is 6. The molecule has 4 N–H and O–H groups in total. The Morgan fingerprint density at radius 3 is 2.47 bits per heavy atom. The number of amides is 2. The van der Waals surface area contributed by atoms with Crippen LogP contribution >= 0.6 is 0 Å². The van der Waals surface area contributed by atoms with Crippen LogP contribution in [0, 0.1) is 0 Å². The van der Waals surface area contributed by atoms with Gasteiger partial charge in [0.25, 0.3) is 0 Å². The standard InChI is InChI=1S/C13H19N3O3/c1-2-19-11-6-4-10(5-7-11)16-13(18)12(17)15-9-3-8-14/h4-7H,2-3,8-9,14H2,1H3,(H,15,17)(H,16,18). The van der Waals surface area contributed by atoms with Gasteiger partial charge in [-0.05, 0) is 44.2 Å². The average Bonchev–Trinajstić information content (AvgIpc) is 2.41. The van der Waals surface area contributed by atoms with E-state index in [9.17, 15) is 9.59 Å². The average molecular weight is 265 g/mol. The second kappa shape index (κ2) is 8.10. The van der Waals surface area contributed by atoms with Crippen molar-refractivity contribution in [1.29, 1.82) is 0 Å². The van der Waals surface area contributed by atoms with Gasteiger partial charge in [-0.3, -0.25) is 9.59 Å². The molecule has 19 heavy (non-hydrogen) atoms. The van der Waals surface area contributed by atoms with Gasteiger partial charge in [-0.1, -0.05) is 0 Å². The molecule has 6 heteroatoms. The molecule has 0 fully saturated rings. The van der Waals surface area contributed by atoms with E-state index in [0.29, 0.717) is 37.6 Å². The van der Waals surface area contributed by atoms with E-state index in [-0.39, 0.29) is 0 Å². The third kappa shape index (κ3) is 5.39. The molecule has 0 bridgehead atoms. The Bertz CT molecular complexity index is 418. The second-order valence-corrected chi connectivity index (χ2v) is 3.81. The highest BCUT2D eigenvalue weighted by atomic mass is 16.5. The lowest BCUT2D eigenvalue weighted by Gasteiger charge is -2.07. The number of hydrogen-bond acceptors (Lipinski definition) is 4. The molecule has 0 radical (unpaired) electrons. The van der Waals surface area contributed by atoms with Gasteiger partial charge in [0, 0.05) is 12.2 Å². The monoisotopic (exact) mass is 265 g/mol. The summed E-state index contributed by atoms with van der Waals surface area (Å²) in [5.74, 6) is -0.642. The van der Waals surface area contributed by atoms with E-state index in [1.54, 1.807) is 24.3 Å². The molecule has 1 aromatic carbocycles. The van der Waals surface area contributed by atoms with Crippen LogP contribution in [0.1, 0.15) is 13.3 Å². The molecule has 1 rings (SSSR count). The van der Waals surface area contributed by atoms with Crippen LogP contribution in [-0.2, 0) is 9.59 Å². The maximum Gasteiger partial charge on any atom is 0.313 e. The molecule has 2 amide bonds. The zero-order chi connectivity index (χ0) is 14.1. The van der Waals surface area contributed by atoms with Gasteiger partial charge in [0.05, 0.1) is 6.61 Å². The predicted octanol–water partition coefficient (Wildman–Crippen LogP) is 0.489. The van der Waals surface area contributed by atoms with Crippen molar-refractivity contribution in [3.63, 3.8) is 0 Å². The summed E-state index contributed by atoms with van der Waals surface area (Å²) in [5.41, 5.74) is 5.83. The fraction of sp³-hybridized carbons (Fsp3) is 0.385. The molecule has 104 valence electrons. The van der Waals surface area contributed by atoms with Crippen LogP contribution in [0.15, 0.2) is 24.3 Å². The van der Waals surface area contributed by atoms with Gasteiger partial charge in [-0.15, -0.1) is 0 Å². The van der Waals surface area contributed by atoms with Crippen molar-refractivity contribution in [2.24, 2.45) is 5.73 Å². The van der Waals surface area contributed by atoms with Gasteiger partial charge in [0.1, 0.15) is 5.75 Å². The molecule has 0 atom stereocenters. The summed E-state index contributed by atoms with van der Waals surface area (Å²) in [7, 11) is 0. The third-order valence-corrected chi connectivity index (χ3v) is 2.30. The molecule has 0 spiro atoms. The van der Waals surface area contributed by atoms with Crippen molar-refractivity contribution in [2.75, 3.05) is 25.0 Å². The van der Waals surface area contributed by atoms with Gasteiger partial charge in [0.2, 0.25) is 0 Å². The van der Waals surface area contributed by atoms with Crippen LogP contribution in [0.3, 0.4) is 0 Å². The van der Waals surface area contributed by atoms with Gasteiger partial charge >= 0.3 is 11.8 Å². The van der Waals surface area contributed by atoms with Crippen LogP contribution in [-0.4, -0.2) is 31.5 Å². The Morgan fingerprint density at radius 2 is 1.89 bits per heavy atom. The summed E-state index contributed by atoms with van der Waals surface area (Å²) in [6.45, 7) is 3.34. The summed E-state index contributed by atoms with van der Waals surface area (Å²) in [4.78, 5) is 22.9. The molecule has 0 heterocycles. The highest BCUT2D eigenvalue weighted by Gasteiger charge is 2.12. The minimum atomic E-state index is -0.693. The van der Waals surface area contributed by atoms with Crippen molar-refractivity contribution >= 4 is 17.5 Å². The highest BCUT2D eigenvalue weighted by molar-refractivity contribution is 6.39. The minimum absolute atomic E-state index is 0.395. The molecule has 0 saturated carbocycles. The van der Waals surface area contributed by atoms with Gasteiger partial charge in [0.15, 0.2) is 0 Å². The van der Waals surface area contributed by atoms with Crippen LogP contribution in [0.4, 0.5) is 5.69 Å². The molecule has 0 unspecified atom stereocenters. The van der Waals surface area contributed by atoms with Crippen molar-refractivity contribution in [3.8, 4) is 5.75 Å². The molecule has 6 nitrogen and oxygen atoms in total. The smallest absolute Gasteiger partial charge is 0.313 e. The SMILES string of the molecule is CCOc1ccc(NC(=O)C(=O)NCCCN)cc1. The summed E-state index contributed by atoms with van der Waals surface area (Å²) in [5, 5.41) is 4.98. The number of nitrogens with two attached hydrogens (primary N) is 1. The Balaban J connectivity index is 2.45. The molecule has 0 aliphatic carbocycles. The topological polar surface area (TPSA) is 93.4 Å². The first-order valence-corrected chi connectivity index (χ1v) is 6.19. The Morgan fingerprint density at radius 1 is 1.21 bits per heavy atom. The number of hydrogen-bond donors (Lipinski definition) is 3. The number of anilines is 1. The third-order valence-electron chi connectivity index (χ3n) is 2.30. The molecule has 1 aromatic rings. The number of ether oxygens (including phenoxy) is 1. The molecule has 0 aliphatic heterocycles. The summed E-state index contributed by atoms with van der Waals surface area (Å²) >= 11 is 0. The maximum absolute atomic E-state index is 11.5. The lowest BCUT2D eigenvalue weighted by Crippen LogP contribution is -2.36. The second-order valence-electron chi connectivity index (χ2n) is 3.81. The Labute approximate surface area is 112 Å². The van der Waals surface area contributed by atoms with Crippen LogP contribution in [0.5, 0.6) is 5.75 Å². The molecule has 0 aliphatic rings. The number of carbonyl (C=O) groups is 2. The van der Waals surface area contributed by atoms with Gasteiger partial charge < -0.3 is 21.1 Å². The predicted molar refractivity (Wildman–Crippen MR) is 72.9 cm³/mol. The van der Waals surface area contributed by atoms with E-state index in [1.165, 1.54) is 0 Å². The largest absolute Gasteiger partial charge is 0.494 e. The quantitative estimate of drug-likeness (QED) is 0.515. The summed E-state index contributed by atoms with van der Waals surface area (Å²) in [6, 6.07) is 6.81. The number of carbonyl (C=O) groups excluding carboxylic acids is 2. The first kappa shape index (κ1) is 15.0. The summed E-state index contributed by atoms with van der Waals surface area (Å²) in [6.07, 6.45) is 0.641. The van der Waals surface area contributed by atoms with Crippen LogP contribution in [0.2, 0.25) is 0 Å². The van der Waals surface area contributed by atoms with Gasteiger partial charge in [-0.2, -0.15) is 0 Å². The maximum atomic E-state index is 11.5. The van der Waals surface area contributed by atoms with E-state index < -0.39 is 11.8 Å². The molecular formula is C13H19N3O3.